The molecule has 1 aromatic heterocycles. The fourth-order valence-corrected chi connectivity index (χ4v) is 4.79. The monoisotopic (exact) mass is 382 g/mol. The van der Waals surface area contributed by atoms with E-state index in [1.54, 1.807) is 4.90 Å². The third-order valence-electron chi connectivity index (χ3n) is 4.14. The molecule has 0 aliphatic carbocycles. The Bertz CT molecular complexity index is 970. The van der Waals surface area contributed by atoms with Gasteiger partial charge in [0.1, 0.15) is 11.9 Å². The lowest BCUT2D eigenvalue weighted by Crippen LogP contribution is -2.29. The normalized spacial score (nSPS) is 17.9. The van der Waals surface area contributed by atoms with Gasteiger partial charge in [0.25, 0.3) is 0 Å². The van der Waals surface area contributed by atoms with Gasteiger partial charge in [-0.1, -0.05) is 12.1 Å². The molecule has 0 radical (unpaired) electrons. The molecule has 1 aliphatic rings. The number of hydrogen-bond donors (Lipinski definition) is 0. The fraction of sp³-hybridized carbons (Fsp3) is 0.312. The maximum atomic E-state index is 13.2. The van der Waals surface area contributed by atoms with Gasteiger partial charge in [0.05, 0.1) is 28.1 Å². The molecule has 1 aromatic carbocycles. The van der Waals surface area contributed by atoms with Crippen molar-refractivity contribution in [3.63, 3.8) is 0 Å². The summed E-state index contributed by atoms with van der Waals surface area (Å²) in [5.41, 5.74) is -1.08. The van der Waals surface area contributed by atoms with Crippen molar-refractivity contribution < 1.29 is 21.6 Å². The molecule has 1 saturated heterocycles. The summed E-state index contributed by atoms with van der Waals surface area (Å²) in [7, 11) is -4.18. The molecule has 26 heavy (non-hydrogen) atoms. The van der Waals surface area contributed by atoms with Gasteiger partial charge >= 0.3 is 6.18 Å². The Balaban J connectivity index is 1.90. The zero-order chi connectivity index (χ0) is 18.9. The first-order chi connectivity index (χ1) is 12.2. The quantitative estimate of drug-likeness (QED) is 0.810. The van der Waals surface area contributed by atoms with E-state index in [1.807, 2.05) is 6.07 Å². The minimum Gasteiger partial charge on any atom is -0.354 e. The number of benzene rings is 1. The first-order valence-corrected chi connectivity index (χ1v) is 9.15. The van der Waals surface area contributed by atoms with Crippen molar-refractivity contribution in [3.05, 3.63) is 47.9 Å². The smallest absolute Gasteiger partial charge is 0.354 e. The third kappa shape index (κ3) is 3.35. The number of aromatic nitrogens is 2. The van der Waals surface area contributed by atoms with Crippen molar-refractivity contribution in [2.45, 2.75) is 22.7 Å². The maximum Gasteiger partial charge on any atom is 0.417 e. The second-order valence-corrected chi connectivity index (χ2v) is 7.97. The lowest BCUT2D eigenvalue weighted by atomic mass is 10.2. The van der Waals surface area contributed by atoms with Crippen LogP contribution in [0.15, 0.2) is 41.6 Å². The minimum atomic E-state index is -4.76. The van der Waals surface area contributed by atoms with Crippen LogP contribution in [0, 0.1) is 11.3 Å². The van der Waals surface area contributed by atoms with Crippen LogP contribution in [0.4, 0.5) is 19.0 Å². The lowest BCUT2D eigenvalue weighted by molar-refractivity contribution is -0.139. The number of anilines is 1. The van der Waals surface area contributed by atoms with E-state index in [4.69, 9.17) is 5.26 Å². The number of alkyl halides is 3. The van der Waals surface area contributed by atoms with E-state index in [0.29, 0.717) is 12.4 Å². The number of nitrogens with zero attached hydrogens (tertiary/aromatic N) is 4. The fourth-order valence-electron chi connectivity index (χ4n) is 2.88. The van der Waals surface area contributed by atoms with Crippen LogP contribution in [-0.2, 0) is 16.0 Å². The van der Waals surface area contributed by atoms with Crippen molar-refractivity contribution in [2.75, 3.05) is 18.0 Å². The Morgan fingerprint density at radius 3 is 2.65 bits per heavy atom. The minimum absolute atomic E-state index is 0.0158. The Morgan fingerprint density at radius 1 is 1.23 bits per heavy atom. The van der Waals surface area contributed by atoms with Crippen LogP contribution < -0.4 is 4.90 Å². The Morgan fingerprint density at radius 2 is 1.96 bits per heavy atom. The summed E-state index contributed by atoms with van der Waals surface area (Å²) in [6, 6.07) is 6.02. The number of rotatable bonds is 3. The molecule has 1 fully saturated rings. The topological polar surface area (TPSA) is 87.0 Å². The second kappa shape index (κ2) is 6.57. The zero-order valence-electron chi connectivity index (χ0n) is 13.3. The second-order valence-electron chi connectivity index (χ2n) is 5.77. The average Bonchev–Trinajstić information content (AvgIpc) is 3.12. The summed E-state index contributed by atoms with van der Waals surface area (Å²) in [5, 5.41) is 7.87. The zero-order valence-corrected chi connectivity index (χ0v) is 14.1. The molecule has 136 valence electrons. The molecule has 0 N–H and O–H groups in total. The van der Waals surface area contributed by atoms with Crippen LogP contribution in [0.5, 0.6) is 0 Å². The molecule has 6 nitrogen and oxygen atoms in total. The van der Waals surface area contributed by atoms with Crippen LogP contribution in [0.3, 0.4) is 0 Å². The summed E-state index contributed by atoms with van der Waals surface area (Å²) in [5.74, 6) is 0.325. The summed E-state index contributed by atoms with van der Waals surface area (Å²) >= 11 is 0. The van der Waals surface area contributed by atoms with Crippen LogP contribution in [-0.4, -0.2) is 36.7 Å². The molecular weight excluding hydrogens is 369 g/mol. The highest BCUT2D eigenvalue weighted by molar-refractivity contribution is 7.92. The SMILES string of the molecule is N#Cc1cncc(N2CCC(S(=O)(=O)c3ccccc3C(F)(F)F)C2)n1. The molecule has 0 spiro atoms. The van der Waals surface area contributed by atoms with Crippen molar-refractivity contribution in [1.82, 2.24) is 9.97 Å². The predicted octanol–water partition coefficient (Wildman–Crippen LogP) is 2.42. The van der Waals surface area contributed by atoms with Crippen molar-refractivity contribution in [2.24, 2.45) is 0 Å². The Kier molecular flexibility index (Phi) is 4.58. The van der Waals surface area contributed by atoms with E-state index in [-0.39, 0.29) is 18.7 Å². The van der Waals surface area contributed by atoms with Crippen LogP contribution in [0.25, 0.3) is 0 Å². The predicted molar refractivity (Wildman–Crippen MR) is 86.0 cm³/mol. The molecule has 3 rings (SSSR count). The van der Waals surface area contributed by atoms with Gasteiger partial charge < -0.3 is 4.90 Å². The van der Waals surface area contributed by atoms with E-state index in [0.717, 1.165) is 18.2 Å². The molecule has 2 aromatic rings. The number of sulfone groups is 1. The molecule has 0 bridgehead atoms. The van der Waals surface area contributed by atoms with Crippen LogP contribution in [0.1, 0.15) is 17.7 Å². The molecule has 2 heterocycles. The van der Waals surface area contributed by atoms with Gasteiger partial charge in [-0.2, -0.15) is 18.4 Å². The Hall–Kier alpha value is -2.67. The average molecular weight is 382 g/mol. The molecule has 1 atom stereocenters. The van der Waals surface area contributed by atoms with Crippen molar-refractivity contribution >= 4 is 15.7 Å². The van der Waals surface area contributed by atoms with Crippen molar-refractivity contribution in [3.8, 4) is 6.07 Å². The molecule has 1 aliphatic heterocycles. The largest absolute Gasteiger partial charge is 0.417 e. The van der Waals surface area contributed by atoms with Crippen molar-refractivity contribution in [1.29, 1.82) is 5.26 Å². The van der Waals surface area contributed by atoms with Gasteiger partial charge in [0.2, 0.25) is 0 Å². The Labute approximate surface area is 147 Å². The molecule has 0 amide bonds. The van der Waals surface area contributed by atoms with Crippen LogP contribution in [0.2, 0.25) is 0 Å². The van der Waals surface area contributed by atoms with Gasteiger partial charge in [0.15, 0.2) is 15.5 Å². The first kappa shape index (κ1) is 18.1. The van der Waals surface area contributed by atoms with Gasteiger partial charge in [-0.3, -0.25) is 4.98 Å². The molecular formula is C16H13F3N4O2S. The third-order valence-corrected chi connectivity index (χ3v) is 6.37. The summed E-state index contributed by atoms with van der Waals surface area (Å²) < 4.78 is 65.1. The first-order valence-electron chi connectivity index (χ1n) is 7.60. The standard InChI is InChI=1S/C16H13F3N4O2S/c17-16(18,19)13-3-1-2-4-14(13)26(24,25)12-5-6-23(10-12)15-9-21-8-11(7-20)22-15/h1-4,8-9,12H,5-6,10H2. The van der Waals surface area contributed by atoms with Crippen LogP contribution >= 0.6 is 0 Å². The summed E-state index contributed by atoms with van der Waals surface area (Å²) in [6.07, 6.45) is -1.94. The number of hydrogen-bond acceptors (Lipinski definition) is 6. The summed E-state index contributed by atoms with van der Waals surface area (Å²) in [4.78, 5) is 8.81. The molecule has 1 unspecified atom stereocenters. The molecule has 0 saturated carbocycles. The van der Waals surface area contributed by atoms with E-state index in [2.05, 4.69) is 9.97 Å². The van der Waals surface area contributed by atoms with E-state index >= 15 is 0 Å². The number of halogens is 3. The maximum absolute atomic E-state index is 13.2. The van der Waals surface area contributed by atoms with Gasteiger partial charge in [-0.05, 0) is 18.6 Å². The lowest BCUT2D eigenvalue weighted by Gasteiger charge is -2.19. The highest BCUT2D eigenvalue weighted by Crippen LogP contribution is 2.36. The summed E-state index contributed by atoms with van der Waals surface area (Å²) in [6.45, 7) is 0.278. The number of nitriles is 1. The van der Waals surface area contributed by atoms with Gasteiger partial charge in [-0.15, -0.1) is 0 Å². The molecule has 10 heteroatoms. The van der Waals surface area contributed by atoms with E-state index in [1.165, 1.54) is 18.5 Å². The highest BCUT2D eigenvalue weighted by atomic mass is 32.2. The highest BCUT2D eigenvalue weighted by Gasteiger charge is 2.41. The van der Waals surface area contributed by atoms with Gasteiger partial charge in [0, 0.05) is 13.1 Å². The van der Waals surface area contributed by atoms with E-state index < -0.39 is 31.7 Å². The van der Waals surface area contributed by atoms with Gasteiger partial charge in [-0.25, -0.2) is 13.4 Å². The van der Waals surface area contributed by atoms with E-state index in [9.17, 15) is 21.6 Å².